The van der Waals surface area contributed by atoms with E-state index in [1.165, 1.54) is 0 Å². The van der Waals surface area contributed by atoms with Gasteiger partial charge >= 0.3 is 0 Å². The van der Waals surface area contributed by atoms with Crippen LogP contribution in [0.4, 0.5) is 68.2 Å². The molecule has 0 N–H and O–H groups in total. The molecular weight excluding hydrogens is 1060 g/mol. The van der Waals surface area contributed by atoms with Gasteiger partial charge in [-0.1, -0.05) is 0 Å². The summed E-state index contributed by atoms with van der Waals surface area (Å²) in [7, 11) is 24.1. The summed E-state index contributed by atoms with van der Waals surface area (Å²) in [6.07, 6.45) is 0. The van der Waals surface area contributed by atoms with Crippen molar-refractivity contribution in [3.63, 3.8) is 0 Å². The van der Waals surface area contributed by atoms with Crippen molar-refractivity contribution in [1.82, 2.24) is 0 Å². The molecule has 0 saturated carbocycles. The van der Waals surface area contributed by atoms with Gasteiger partial charge in [-0.3, -0.25) is 0 Å². The maximum absolute atomic E-state index is 7.01. The summed E-state index contributed by atoms with van der Waals surface area (Å²) in [5.41, 5.74) is 24.3. The molecule has 6 rings (SSSR count). The Bertz CT molecular complexity index is 2590. The molecule has 0 unspecified atom stereocenters. The molecule has 0 aliphatic rings. The number of nitrogens with zero attached hydrogens (tertiary/aromatic N) is 12. The number of rotatable bonds is 6. The van der Waals surface area contributed by atoms with Crippen LogP contribution in [-0.4, -0.2) is 84.6 Å². The minimum absolute atomic E-state index is 0. The van der Waals surface area contributed by atoms with Crippen molar-refractivity contribution < 1.29 is 21.1 Å². The molecule has 0 amide bonds. The normalized spacial score (nSPS) is 9.34. The predicted molar refractivity (Wildman–Crippen MR) is 339 cm³/mol. The molecule has 0 heterocycles. The van der Waals surface area contributed by atoms with Gasteiger partial charge in [-0.25, -0.2) is 29.1 Å². The van der Waals surface area contributed by atoms with Gasteiger partial charge in [0.1, 0.15) is 0 Å². The molecule has 6 aromatic rings. The third-order valence-electron chi connectivity index (χ3n) is 12.6. The van der Waals surface area contributed by atoms with Crippen LogP contribution in [0.25, 0.3) is 29.1 Å². The van der Waals surface area contributed by atoms with Gasteiger partial charge in [-0.2, -0.15) is 0 Å². The Hall–Kier alpha value is -8.25. The molecule has 79 heavy (non-hydrogen) atoms. The van der Waals surface area contributed by atoms with Gasteiger partial charge in [0.2, 0.25) is 0 Å². The van der Waals surface area contributed by atoms with Crippen LogP contribution in [-0.2, 0) is 21.1 Å². The van der Waals surface area contributed by atoms with Crippen LogP contribution in [0, 0.1) is 123 Å². The summed E-state index contributed by atoms with van der Waals surface area (Å²) in [6, 6.07) is 24.5. The second-order valence-corrected chi connectivity index (χ2v) is 20.6. The molecule has 414 valence electrons. The molecule has 0 atom stereocenters. The van der Waals surface area contributed by atoms with Gasteiger partial charge in [-0.15, -0.1) is 0 Å². The molecule has 0 radical (unpaired) electrons. The summed E-state index contributed by atoms with van der Waals surface area (Å²) >= 11 is 0. The summed E-state index contributed by atoms with van der Waals surface area (Å²) in [4.78, 5) is 33.3. The standard InChI is InChI=1S/6C11H14N2.Mo/c6*1-8-6-10(13(4)5)7-9(2)11(8)12-3;/h6*6-7H,1-2,4-5H3;. The van der Waals surface area contributed by atoms with E-state index in [0.29, 0.717) is 0 Å². The molecule has 0 aliphatic heterocycles. The number of hydrogen-bond donors (Lipinski definition) is 0. The molecular formula is C66H84MoN12. The van der Waals surface area contributed by atoms with Crippen molar-refractivity contribution in [1.29, 1.82) is 0 Å². The zero-order chi connectivity index (χ0) is 60.0. The van der Waals surface area contributed by atoms with E-state index < -0.39 is 0 Å². The first-order chi connectivity index (χ1) is 36.3. The fourth-order valence-corrected chi connectivity index (χ4v) is 8.21. The van der Waals surface area contributed by atoms with Crippen LogP contribution in [0.1, 0.15) is 66.8 Å². The molecule has 0 aliphatic carbocycles. The topological polar surface area (TPSA) is 45.6 Å². The zero-order valence-electron chi connectivity index (χ0n) is 51.7. The smallest absolute Gasteiger partial charge is 0.193 e. The second-order valence-electron chi connectivity index (χ2n) is 20.6. The van der Waals surface area contributed by atoms with Gasteiger partial charge in [0, 0.05) is 140 Å². The largest absolute Gasteiger partial charge is 0.378 e. The monoisotopic (exact) mass is 1140 g/mol. The Balaban J connectivity index is 0.000000922. The Morgan fingerprint density at radius 2 is 0.278 bits per heavy atom. The number of anilines is 6. The summed E-state index contributed by atoms with van der Waals surface area (Å²) in [5.74, 6) is 0. The van der Waals surface area contributed by atoms with E-state index in [9.17, 15) is 0 Å². The van der Waals surface area contributed by atoms with E-state index in [1.807, 2.05) is 270 Å². The van der Waals surface area contributed by atoms with E-state index in [1.54, 1.807) is 0 Å². The van der Waals surface area contributed by atoms with Gasteiger partial charge < -0.3 is 29.4 Å². The average molecular weight is 1140 g/mol. The molecule has 0 bridgehead atoms. The van der Waals surface area contributed by atoms with Gasteiger partial charge in [0.05, 0.1) is 39.4 Å². The average Bonchev–Trinajstić information content (AvgIpc) is 3.34. The van der Waals surface area contributed by atoms with Crippen LogP contribution in [0.5, 0.6) is 0 Å². The summed E-state index contributed by atoms with van der Waals surface area (Å²) < 4.78 is 0. The fraction of sp³-hybridized carbons (Fsp3) is 0.364. The minimum atomic E-state index is 0. The van der Waals surface area contributed by atoms with E-state index in [-0.39, 0.29) is 21.1 Å². The molecule has 13 heteroatoms. The second kappa shape index (κ2) is 33.1. The van der Waals surface area contributed by atoms with E-state index >= 15 is 0 Å². The first-order valence-electron chi connectivity index (χ1n) is 25.3. The quantitative estimate of drug-likeness (QED) is 0.122. The van der Waals surface area contributed by atoms with Crippen molar-refractivity contribution in [2.24, 2.45) is 0 Å². The Morgan fingerprint density at radius 1 is 0.203 bits per heavy atom. The molecule has 0 spiro atoms. The van der Waals surface area contributed by atoms with Crippen LogP contribution < -0.4 is 29.4 Å². The van der Waals surface area contributed by atoms with E-state index in [0.717, 1.165) is 135 Å². The molecule has 6 aromatic carbocycles. The van der Waals surface area contributed by atoms with Gasteiger partial charge in [0.15, 0.2) is 34.1 Å². The first kappa shape index (κ1) is 70.7. The third-order valence-corrected chi connectivity index (χ3v) is 12.6. The SMILES string of the molecule is [C-]#[N+]c1c(C)cc(N(C)C)cc1C.[C-]#[N+]c1c(C)cc(N(C)C)cc1C.[C-]#[N+]c1c(C)cc(N(C)C)cc1C.[C-]#[N+]c1c(C)cc(N(C)C)cc1C.[C-]#[N+]c1c(C)cc(N(C)C)cc1C.[C-]#[N+]c1c(C)cc(N(C)C)cc1C.[Mo]. The predicted octanol–water partition coefficient (Wildman–Crippen LogP) is 17.5. The Morgan fingerprint density at radius 3 is 0.329 bits per heavy atom. The third kappa shape index (κ3) is 20.9. The zero-order valence-corrected chi connectivity index (χ0v) is 53.7. The minimum Gasteiger partial charge on any atom is -0.378 e. The molecule has 0 saturated heterocycles. The Kier molecular flexibility index (Phi) is 29.7. The number of hydrogen-bond acceptors (Lipinski definition) is 6. The number of benzene rings is 6. The van der Waals surface area contributed by atoms with E-state index in [4.69, 9.17) is 39.4 Å². The Labute approximate surface area is 491 Å². The van der Waals surface area contributed by atoms with Crippen LogP contribution >= 0.6 is 0 Å². The van der Waals surface area contributed by atoms with Crippen LogP contribution in [0.15, 0.2) is 72.8 Å². The van der Waals surface area contributed by atoms with Crippen molar-refractivity contribution in [3.05, 3.63) is 208 Å². The number of aryl methyl sites for hydroxylation is 12. The van der Waals surface area contributed by atoms with Crippen LogP contribution in [0.3, 0.4) is 0 Å². The van der Waals surface area contributed by atoms with Gasteiger partial charge in [0.25, 0.3) is 0 Å². The molecule has 0 fully saturated rings. The van der Waals surface area contributed by atoms with Gasteiger partial charge in [-0.05, 0) is 223 Å². The first-order valence-corrected chi connectivity index (χ1v) is 25.3. The van der Waals surface area contributed by atoms with Crippen molar-refractivity contribution in [3.8, 4) is 0 Å². The van der Waals surface area contributed by atoms with Crippen molar-refractivity contribution >= 4 is 68.2 Å². The van der Waals surface area contributed by atoms with Crippen LogP contribution in [0.2, 0.25) is 0 Å². The molecule has 12 nitrogen and oxygen atoms in total. The molecule has 0 aromatic heterocycles. The van der Waals surface area contributed by atoms with Crippen molar-refractivity contribution in [2.75, 3.05) is 114 Å². The summed E-state index contributed by atoms with van der Waals surface area (Å²) in [6.45, 7) is 65.8. The maximum Gasteiger partial charge on any atom is 0.193 e. The summed E-state index contributed by atoms with van der Waals surface area (Å²) in [5, 5.41) is 0. The fourth-order valence-electron chi connectivity index (χ4n) is 8.21. The van der Waals surface area contributed by atoms with Crippen molar-refractivity contribution in [2.45, 2.75) is 83.1 Å². The maximum atomic E-state index is 7.01. The van der Waals surface area contributed by atoms with E-state index in [2.05, 4.69) is 29.1 Å².